The van der Waals surface area contributed by atoms with Crippen molar-refractivity contribution in [2.24, 2.45) is 11.7 Å². The van der Waals surface area contributed by atoms with Crippen molar-refractivity contribution in [2.45, 2.75) is 31.7 Å². The molecule has 1 aromatic rings. The maximum Gasteiger partial charge on any atom is 0.165 e. The zero-order valence-electron chi connectivity index (χ0n) is 9.74. The van der Waals surface area contributed by atoms with Gasteiger partial charge in [-0.1, -0.05) is 19.4 Å². The van der Waals surface area contributed by atoms with Crippen LogP contribution < -0.4 is 10.5 Å². The number of methoxy groups -OCH3 is 1. The number of ether oxygens (including phenoxy) is 1. The summed E-state index contributed by atoms with van der Waals surface area (Å²) in [4.78, 5) is 0. The van der Waals surface area contributed by atoms with Gasteiger partial charge in [-0.3, -0.25) is 0 Å². The summed E-state index contributed by atoms with van der Waals surface area (Å²) in [5.74, 6) is 0.934. The van der Waals surface area contributed by atoms with E-state index >= 15 is 0 Å². The van der Waals surface area contributed by atoms with Crippen LogP contribution in [-0.4, -0.2) is 13.2 Å². The number of rotatable bonds is 3. The highest BCUT2D eigenvalue weighted by Crippen LogP contribution is 2.44. The highest BCUT2D eigenvalue weighted by molar-refractivity contribution is 5.33. The molecule has 0 spiro atoms. The summed E-state index contributed by atoms with van der Waals surface area (Å²) in [5.41, 5.74) is 6.98. The summed E-state index contributed by atoms with van der Waals surface area (Å²) >= 11 is 0. The van der Waals surface area contributed by atoms with Crippen LogP contribution in [0.1, 0.15) is 31.2 Å². The molecule has 2 nitrogen and oxygen atoms in total. The van der Waals surface area contributed by atoms with Crippen LogP contribution in [0.2, 0.25) is 0 Å². The van der Waals surface area contributed by atoms with Crippen molar-refractivity contribution in [3.63, 3.8) is 0 Å². The second kappa shape index (κ2) is 4.42. The lowest BCUT2D eigenvalue weighted by atomic mass is 9.65. The van der Waals surface area contributed by atoms with E-state index in [0.717, 1.165) is 18.4 Å². The minimum atomic E-state index is -0.282. The van der Waals surface area contributed by atoms with Crippen LogP contribution in [0.3, 0.4) is 0 Å². The smallest absolute Gasteiger partial charge is 0.165 e. The maximum absolute atomic E-state index is 13.5. The normalized spacial score (nSPS) is 28.6. The molecule has 1 aliphatic carbocycles. The monoisotopic (exact) mass is 223 g/mol. The largest absolute Gasteiger partial charge is 0.494 e. The predicted molar refractivity (Wildman–Crippen MR) is 62.1 cm³/mol. The lowest BCUT2D eigenvalue weighted by Crippen LogP contribution is -2.45. The van der Waals surface area contributed by atoms with Gasteiger partial charge >= 0.3 is 0 Å². The molecule has 3 unspecified atom stereocenters. The van der Waals surface area contributed by atoms with Crippen molar-refractivity contribution in [1.82, 2.24) is 0 Å². The Bertz CT molecular complexity index is 380. The Kier molecular flexibility index (Phi) is 3.15. The fraction of sp³-hybridized carbons (Fsp3) is 0.538. The molecule has 2 N–H and O–H groups in total. The number of hydrogen-bond donors (Lipinski definition) is 1. The van der Waals surface area contributed by atoms with E-state index in [1.165, 1.54) is 7.11 Å². The van der Waals surface area contributed by atoms with Gasteiger partial charge in [0.25, 0.3) is 0 Å². The number of nitrogens with two attached hydrogens (primary N) is 1. The molecule has 0 radical (unpaired) electrons. The summed E-state index contributed by atoms with van der Waals surface area (Å²) in [6, 6.07) is 5.50. The van der Waals surface area contributed by atoms with E-state index < -0.39 is 0 Å². The van der Waals surface area contributed by atoms with Gasteiger partial charge in [0, 0.05) is 6.04 Å². The molecule has 3 heteroatoms. The van der Waals surface area contributed by atoms with E-state index in [0.29, 0.717) is 17.6 Å². The van der Waals surface area contributed by atoms with Crippen LogP contribution in [0, 0.1) is 11.7 Å². The Labute approximate surface area is 95.6 Å². The maximum atomic E-state index is 13.5. The second-order valence-corrected chi connectivity index (χ2v) is 4.47. The molecule has 88 valence electrons. The van der Waals surface area contributed by atoms with Gasteiger partial charge in [-0.25, -0.2) is 4.39 Å². The van der Waals surface area contributed by atoms with E-state index in [4.69, 9.17) is 10.5 Å². The average Bonchev–Trinajstić information content (AvgIpc) is 2.26. The summed E-state index contributed by atoms with van der Waals surface area (Å²) in [6.07, 6.45) is 2.02. The molecule has 0 heterocycles. The Morgan fingerprint density at radius 1 is 1.50 bits per heavy atom. The molecule has 3 atom stereocenters. The Balaban J connectivity index is 2.19. The predicted octanol–water partition coefficient (Wildman–Crippen LogP) is 2.68. The Hall–Kier alpha value is -1.09. The van der Waals surface area contributed by atoms with Crippen LogP contribution in [0.4, 0.5) is 4.39 Å². The highest BCUT2D eigenvalue weighted by atomic mass is 19.1. The van der Waals surface area contributed by atoms with E-state index in [1.54, 1.807) is 12.1 Å². The van der Waals surface area contributed by atoms with Crippen LogP contribution in [0.15, 0.2) is 18.2 Å². The third kappa shape index (κ3) is 1.80. The first kappa shape index (κ1) is 11.4. The van der Waals surface area contributed by atoms with Gasteiger partial charge in [0.2, 0.25) is 0 Å². The molecular formula is C13H18FNO. The molecule has 2 rings (SSSR count). The molecular weight excluding hydrogens is 205 g/mol. The van der Waals surface area contributed by atoms with Crippen molar-refractivity contribution in [1.29, 1.82) is 0 Å². The van der Waals surface area contributed by atoms with E-state index in [1.807, 2.05) is 6.07 Å². The number of halogens is 1. The van der Waals surface area contributed by atoms with Gasteiger partial charge in [-0.05, 0) is 36.0 Å². The highest BCUT2D eigenvalue weighted by Gasteiger charge is 2.38. The van der Waals surface area contributed by atoms with Crippen molar-refractivity contribution < 1.29 is 9.13 Å². The van der Waals surface area contributed by atoms with Crippen molar-refractivity contribution in [2.75, 3.05) is 7.11 Å². The Morgan fingerprint density at radius 3 is 2.75 bits per heavy atom. The molecule has 0 saturated heterocycles. The first-order valence-corrected chi connectivity index (χ1v) is 5.76. The SMILES string of the molecule is CCC1C(N)CC1c1ccc(OC)c(F)c1. The number of hydrogen-bond acceptors (Lipinski definition) is 2. The molecule has 0 bridgehead atoms. The van der Waals surface area contributed by atoms with Gasteiger partial charge in [0.05, 0.1) is 7.11 Å². The van der Waals surface area contributed by atoms with Gasteiger partial charge in [-0.15, -0.1) is 0 Å². The molecule has 1 saturated carbocycles. The number of benzene rings is 1. The van der Waals surface area contributed by atoms with E-state index in [-0.39, 0.29) is 11.9 Å². The fourth-order valence-electron chi connectivity index (χ4n) is 2.63. The second-order valence-electron chi connectivity index (χ2n) is 4.47. The zero-order valence-corrected chi connectivity index (χ0v) is 9.74. The fourth-order valence-corrected chi connectivity index (χ4v) is 2.63. The summed E-state index contributed by atoms with van der Waals surface area (Å²) in [6.45, 7) is 2.14. The molecule has 0 amide bonds. The van der Waals surface area contributed by atoms with Crippen LogP contribution in [0.25, 0.3) is 0 Å². The van der Waals surface area contributed by atoms with Gasteiger partial charge in [-0.2, -0.15) is 0 Å². The first-order valence-electron chi connectivity index (χ1n) is 5.76. The van der Waals surface area contributed by atoms with Crippen molar-refractivity contribution in [3.8, 4) is 5.75 Å². The third-order valence-electron chi connectivity index (χ3n) is 3.67. The van der Waals surface area contributed by atoms with Crippen molar-refractivity contribution in [3.05, 3.63) is 29.6 Å². The van der Waals surface area contributed by atoms with Gasteiger partial charge in [0.15, 0.2) is 11.6 Å². The molecule has 1 aromatic carbocycles. The zero-order chi connectivity index (χ0) is 11.7. The summed E-state index contributed by atoms with van der Waals surface area (Å²) in [7, 11) is 1.48. The molecule has 1 fully saturated rings. The minimum Gasteiger partial charge on any atom is -0.494 e. The molecule has 0 aliphatic heterocycles. The lowest BCUT2D eigenvalue weighted by molar-refractivity contribution is 0.198. The average molecular weight is 223 g/mol. The lowest BCUT2D eigenvalue weighted by Gasteiger charge is -2.42. The minimum absolute atomic E-state index is 0.278. The summed E-state index contributed by atoms with van der Waals surface area (Å²) < 4.78 is 18.4. The molecule has 0 aromatic heterocycles. The quantitative estimate of drug-likeness (QED) is 0.855. The van der Waals surface area contributed by atoms with Crippen LogP contribution in [-0.2, 0) is 0 Å². The van der Waals surface area contributed by atoms with Crippen molar-refractivity contribution >= 4 is 0 Å². The van der Waals surface area contributed by atoms with Gasteiger partial charge in [0.1, 0.15) is 0 Å². The Morgan fingerprint density at radius 2 is 2.25 bits per heavy atom. The first-order chi connectivity index (χ1) is 7.67. The van der Waals surface area contributed by atoms with E-state index in [9.17, 15) is 4.39 Å². The van der Waals surface area contributed by atoms with Gasteiger partial charge < -0.3 is 10.5 Å². The third-order valence-corrected chi connectivity index (χ3v) is 3.67. The topological polar surface area (TPSA) is 35.2 Å². The van der Waals surface area contributed by atoms with Crippen LogP contribution in [0.5, 0.6) is 5.75 Å². The van der Waals surface area contributed by atoms with E-state index in [2.05, 4.69) is 6.92 Å². The summed E-state index contributed by atoms with van der Waals surface area (Å²) in [5, 5.41) is 0. The molecule has 16 heavy (non-hydrogen) atoms. The standard InChI is InChI=1S/C13H18FNO/c1-3-9-10(7-12(9)15)8-4-5-13(16-2)11(14)6-8/h4-6,9-10,12H,3,7,15H2,1-2H3. The molecule has 1 aliphatic rings. The van der Waals surface area contributed by atoms with Crippen LogP contribution >= 0.6 is 0 Å².